The summed E-state index contributed by atoms with van der Waals surface area (Å²) in [5.41, 5.74) is 1.73. The molecule has 1 saturated heterocycles. The fourth-order valence-corrected chi connectivity index (χ4v) is 4.53. The van der Waals surface area contributed by atoms with Crippen LogP contribution >= 0.6 is 11.5 Å². The zero-order valence-electron chi connectivity index (χ0n) is 18.0. The molecule has 0 spiro atoms. The maximum absolute atomic E-state index is 12.4. The summed E-state index contributed by atoms with van der Waals surface area (Å²) >= 11 is 1.58. The first kappa shape index (κ1) is 20.8. The van der Waals surface area contributed by atoms with Gasteiger partial charge in [-0.3, -0.25) is 9.69 Å². The fourth-order valence-electron chi connectivity index (χ4n) is 3.73. The number of anilines is 2. The highest BCUT2D eigenvalue weighted by Crippen LogP contribution is 2.30. The van der Waals surface area contributed by atoms with Crippen molar-refractivity contribution in [1.29, 1.82) is 0 Å². The first-order valence-corrected chi connectivity index (χ1v) is 11.4. The number of fused-ring (bicyclic) bond motifs is 1. The Bertz CT molecular complexity index is 1020. The molecule has 0 unspecified atom stereocenters. The minimum atomic E-state index is -0.400. The van der Waals surface area contributed by atoms with Gasteiger partial charge in [0.05, 0.1) is 4.70 Å². The highest BCUT2D eigenvalue weighted by molar-refractivity contribution is 7.13. The molecule has 6 heteroatoms. The van der Waals surface area contributed by atoms with Crippen molar-refractivity contribution >= 4 is 39.0 Å². The number of amides is 1. The van der Waals surface area contributed by atoms with Crippen molar-refractivity contribution in [3.8, 4) is 0 Å². The molecule has 0 bridgehead atoms. The van der Waals surface area contributed by atoms with E-state index in [1.165, 1.54) is 15.6 Å². The van der Waals surface area contributed by atoms with Crippen LogP contribution in [0.3, 0.4) is 0 Å². The molecule has 30 heavy (non-hydrogen) atoms. The van der Waals surface area contributed by atoms with Crippen LogP contribution in [0.4, 0.5) is 11.5 Å². The third-order valence-electron chi connectivity index (χ3n) is 5.67. The van der Waals surface area contributed by atoms with Gasteiger partial charge in [0.1, 0.15) is 5.82 Å². The highest BCUT2D eigenvalue weighted by Gasteiger charge is 2.23. The maximum atomic E-state index is 12.4. The second-order valence-electron chi connectivity index (χ2n) is 8.94. The maximum Gasteiger partial charge on any atom is 0.229 e. The lowest BCUT2D eigenvalue weighted by atomic mass is 9.95. The van der Waals surface area contributed by atoms with E-state index in [2.05, 4.69) is 45.4 Å². The van der Waals surface area contributed by atoms with E-state index in [1.54, 1.807) is 11.5 Å². The van der Waals surface area contributed by atoms with Crippen LogP contribution in [0.15, 0.2) is 48.5 Å². The smallest absolute Gasteiger partial charge is 0.229 e. The number of carbonyl (C=O) groups excluding carboxylic acids is 1. The molecule has 5 nitrogen and oxygen atoms in total. The normalized spacial score (nSPS) is 15.5. The van der Waals surface area contributed by atoms with Gasteiger partial charge in [-0.25, -0.2) is 0 Å². The summed E-state index contributed by atoms with van der Waals surface area (Å²) in [6.07, 6.45) is 0.931. The molecule has 1 aliphatic rings. The van der Waals surface area contributed by atoms with Crippen LogP contribution in [0.2, 0.25) is 0 Å². The van der Waals surface area contributed by atoms with Crippen LogP contribution in [-0.4, -0.2) is 47.9 Å². The fraction of sp³-hybridized carbons (Fsp3) is 0.417. The number of nitrogens with zero attached hydrogens (tertiary/aromatic N) is 3. The zero-order chi connectivity index (χ0) is 21.1. The number of nitrogens with one attached hydrogen (secondary N) is 1. The van der Waals surface area contributed by atoms with Crippen LogP contribution in [0, 0.1) is 5.41 Å². The Hall–Kier alpha value is -2.44. The van der Waals surface area contributed by atoms with Gasteiger partial charge in [-0.15, -0.1) is 0 Å². The van der Waals surface area contributed by atoms with Crippen molar-refractivity contribution in [3.63, 3.8) is 0 Å². The standard InChI is InChI=1S/C24H30N4OS/c1-24(2,3)23(29)25-20-10-6-4-8-18(20)12-13-27-14-16-28(17-15-27)22-19-9-5-7-11-21(19)30-26-22/h4-11H,12-17H2,1-3H3,(H,25,29). The first-order valence-electron chi connectivity index (χ1n) is 10.6. The van der Waals surface area contributed by atoms with Gasteiger partial charge in [-0.2, -0.15) is 4.37 Å². The van der Waals surface area contributed by atoms with Crippen LogP contribution < -0.4 is 10.2 Å². The van der Waals surface area contributed by atoms with Gasteiger partial charge in [0.15, 0.2) is 0 Å². The van der Waals surface area contributed by atoms with Crippen LogP contribution in [-0.2, 0) is 11.2 Å². The van der Waals surface area contributed by atoms with Gasteiger partial charge < -0.3 is 10.2 Å². The predicted molar refractivity (Wildman–Crippen MR) is 127 cm³/mol. The molecule has 158 valence electrons. The molecular weight excluding hydrogens is 392 g/mol. The average Bonchev–Trinajstić information content (AvgIpc) is 3.17. The summed E-state index contributed by atoms with van der Waals surface area (Å²) < 4.78 is 5.96. The Morgan fingerprint density at radius 2 is 1.73 bits per heavy atom. The number of aromatic nitrogens is 1. The molecule has 2 heterocycles. The monoisotopic (exact) mass is 422 g/mol. The van der Waals surface area contributed by atoms with Gasteiger partial charge in [-0.05, 0) is 41.7 Å². The van der Waals surface area contributed by atoms with Gasteiger partial charge >= 0.3 is 0 Å². The quantitative estimate of drug-likeness (QED) is 0.650. The molecule has 1 aromatic heterocycles. The third-order valence-corrected chi connectivity index (χ3v) is 6.49. The molecular formula is C24H30N4OS. The number of hydrogen-bond acceptors (Lipinski definition) is 5. The molecule has 3 aromatic rings. The lowest BCUT2D eigenvalue weighted by Gasteiger charge is -2.35. The van der Waals surface area contributed by atoms with Crippen LogP contribution in [0.1, 0.15) is 26.3 Å². The Morgan fingerprint density at radius 3 is 2.50 bits per heavy atom. The first-order chi connectivity index (χ1) is 14.4. The van der Waals surface area contributed by atoms with E-state index in [4.69, 9.17) is 4.37 Å². The molecule has 1 N–H and O–H groups in total. The van der Waals surface area contributed by atoms with E-state index in [1.807, 2.05) is 39.0 Å². The van der Waals surface area contributed by atoms with Crippen molar-refractivity contribution in [3.05, 3.63) is 54.1 Å². The van der Waals surface area contributed by atoms with Crippen molar-refractivity contribution in [2.24, 2.45) is 5.41 Å². The van der Waals surface area contributed by atoms with Crippen LogP contribution in [0.5, 0.6) is 0 Å². The third kappa shape index (κ3) is 4.65. The molecule has 1 amide bonds. The van der Waals surface area contributed by atoms with Gasteiger partial charge in [0, 0.05) is 49.2 Å². The number of hydrogen-bond donors (Lipinski definition) is 1. The molecule has 0 saturated carbocycles. The summed E-state index contributed by atoms with van der Waals surface area (Å²) in [6.45, 7) is 10.9. The number of carbonyl (C=O) groups is 1. The summed E-state index contributed by atoms with van der Waals surface area (Å²) in [4.78, 5) is 17.3. The van der Waals surface area contributed by atoms with E-state index >= 15 is 0 Å². The molecule has 1 fully saturated rings. The average molecular weight is 423 g/mol. The minimum absolute atomic E-state index is 0.0547. The topological polar surface area (TPSA) is 48.5 Å². The lowest BCUT2D eigenvalue weighted by Crippen LogP contribution is -2.47. The highest BCUT2D eigenvalue weighted by atomic mass is 32.1. The second kappa shape index (κ2) is 8.74. The molecule has 0 aliphatic carbocycles. The Labute approximate surface area is 182 Å². The number of benzene rings is 2. The molecule has 1 aliphatic heterocycles. The number of para-hydroxylation sites is 1. The summed E-state index contributed by atoms with van der Waals surface area (Å²) in [7, 11) is 0. The van der Waals surface area contributed by atoms with E-state index in [-0.39, 0.29) is 5.91 Å². The van der Waals surface area contributed by atoms with Gasteiger partial charge in [-0.1, -0.05) is 51.1 Å². The Morgan fingerprint density at radius 1 is 1.03 bits per heavy atom. The van der Waals surface area contributed by atoms with Gasteiger partial charge in [0.2, 0.25) is 5.91 Å². The van der Waals surface area contributed by atoms with Gasteiger partial charge in [0.25, 0.3) is 0 Å². The second-order valence-corrected chi connectivity index (χ2v) is 9.75. The van der Waals surface area contributed by atoms with Crippen molar-refractivity contribution in [1.82, 2.24) is 9.27 Å². The summed E-state index contributed by atoms with van der Waals surface area (Å²) in [5.74, 6) is 1.18. The largest absolute Gasteiger partial charge is 0.353 e. The van der Waals surface area contributed by atoms with E-state index in [0.717, 1.165) is 50.6 Å². The van der Waals surface area contributed by atoms with Crippen molar-refractivity contribution in [2.75, 3.05) is 42.9 Å². The molecule has 2 aromatic carbocycles. The Kier molecular flexibility index (Phi) is 6.06. The van der Waals surface area contributed by atoms with Crippen molar-refractivity contribution in [2.45, 2.75) is 27.2 Å². The number of rotatable bonds is 5. The number of piperazine rings is 1. The van der Waals surface area contributed by atoms with Crippen molar-refractivity contribution < 1.29 is 4.79 Å². The summed E-state index contributed by atoms with van der Waals surface area (Å²) in [6, 6.07) is 16.6. The molecule has 0 atom stereocenters. The predicted octanol–water partition coefficient (Wildman–Crippen LogP) is 4.65. The summed E-state index contributed by atoms with van der Waals surface area (Å²) in [5, 5.41) is 4.37. The van der Waals surface area contributed by atoms with Crippen LogP contribution in [0.25, 0.3) is 10.1 Å². The van der Waals surface area contributed by atoms with E-state index in [9.17, 15) is 4.79 Å². The van der Waals surface area contributed by atoms with E-state index < -0.39 is 5.41 Å². The molecule has 4 rings (SSSR count). The SMILES string of the molecule is CC(C)(C)C(=O)Nc1ccccc1CCN1CCN(c2nsc3ccccc23)CC1. The Balaban J connectivity index is 1.34. The lowest BCUT2D eigenvalue weighted by molar-refractivity contribution is -0.123. The minimum Gasteiger partial charge on any atom is -0.353 e. The van der Waals surface area contributed by atoms with E-state index in [0.29, 0.717) is 0 Å². The molecule has 0 radical (unpaired) electrons. The zero-order valence-corrected chi connectivity index (χ0v) is 18.8.